The molecule has 5 nitrogen and oxygen atoms in total. The zero-order valence-electron chi connectivity index (χ0n) is 12.9. The highest BCUT2D eigenvalue weighted by Crippen LogP contribution is 2.27. The molecule has 0 spiro atoms. The summed E-state index contributed by atoms with van der Waals surface area (Å²) < 4.78 is 2.52. The molecule has 0 fully saturated rings. The van der Waals surface area contributed by atoms with Crippen LogP contribution in [0.3, 0.4) is 0 Å². The first-order chi connectivity index (χ1) is 12.1. The molecule has 0 radical (unpaired) electrons. The molecular formula is C19H11BrN3O2-. The van der Waals surface area contributed by atoms with E-state index in [0.29, 0.717) is 11.3 Å². The van der Waals surface area contributed by atoms with Crippen molar-refractivity contribution in [2.45, 2.75) is 0 Å². The summed E-state index contributed by atoms with van der Waals surface area (Å²) in [4.78, 5) is 11.1. The zero-order valence-corrected chi connectivity index (χ0v) is 14.5. The van der Waals surface area contributed by atoms with Crippen molar-refractivity contribution < 1.29 is 9.90 Å². The van der Waals surface area contributed by atoms with Crippen LogP contribution < -0.4 is 5.11 Å². The van der Waals surface area contributed by atoms with Gasteiger partial charge in [0.1, 0.15) is 11.8 Å². The van der Waals surface area contributed by atoms with Gasteiger partial charge in [0.25, 0.3) is 0 Å². The number of halogens is 1. The van der Waals surface area contributed by atoms with Crippen LogP contribution in [0.2, 0.25) is 0 Å². The minimum atomic E-state index is -1.52. The minimum Gasteiger partial charge on any atom is -0.544 e. The van der Waals surface area contributed by atoms with E-state index in [1.807, 2.05) is 54.6 Å². The van der Waals surface area contributed by atoms with Crippen LogP contribution in [-0.4, -0.2) is 15.7 Å². The number of carboxylic acids is 1. The number of hydrogen-bond donors (Lipinski definition) is 0. The van der Waals surface area contributed by atoms with Crippen LogP contribution in [-0.2, 0) is 4.79 Å². The van der Waals surface area contributed by atoms with E-state index in [4.69, 9.17) is 5.26 Å². The highest BCUT2D eigenvalue weighted by atomic mass is 79.9. The lowest BCUT2D eigenvalue weighted by molar-refractivity contribution is -0.298. The van der Waals surface area contributed by atoms with E-state index in [-0.39, 0.29) is 0 Å². The molecule has 25 heavy (non-hydrogen) atoms. The summed E-state index contributed by atoms with van der Waals surface area (Å²) in [6.07, 6.45) is 2.96. The smallest absolute Gasteiger partial charge is 0.101 e. The van der Waals surface area contributed by atoms with Gasteiger partial charge in [-0.15, -0.1) is 0 Å². The number of aliphatic carboxylic acids is 1. The minimum absolute atomic E-state index is 0.455. The van der Waals surface area contributed by atoms with Crippen LogP contribution in [0, 0.1) is 11.3 Å². The molecule has 0 aliphatic carbocycles. The lowest BCUT2D eigenvalue weighted by atomic mass is 10.1. The van der Waals surface area contributed by atoms with Gasteiger partial charge in [-0.2, -0.15) is 10.4 Å². The van der Waals surface area contributed by atoms with Crippen molar-refractivity contribution in [1.29, 1.82) is 5.26 Å². The van der Waals surface area contributed by atoms with Crippen molar-refractivity contribution in [3.05, 3.63) is 76.4 Å². The number of hydrogen-bond acceptors (Lipinski definition) is 4. The lowest BCUT2D eigenvalue weighted by Crippen LogP contribution is -2.23. The van der Waals surface area contributed by atoms with E-state index in [1.165, 1.54) is 6.08 Å². The third-order valence-corrected chi connectivity index (χ3v) is 3.99. The van der Waals surface area contributed by atoms with Crippen molar-refractivity contribution in [3.8, 4) is 23.0 Å². The Kier molecular flexibility index (Phi) is 4.78. The Morgan fingerprint density at radius 2 is 1.96 bits per heavy atom. The fraction of sp³-hybridized carbons (Fsp3) is 0. The van der Waals surface area contributed by atoms with Gasteiger partial charge in [-0.3, -0.25) is 0 Å². The van der Waals surface area contributed by atoms with E-state index < -0.39 is 11.5 Å². The fourth-order valence-electron chi connectivity index (χ4n) is 2.36. The quantitative estimate of drug-likeness (QED) is 0.504. The van der Waals surface area contributed by atoms with Crippen molar-refractivity contribution in [1.82, 2.24) is 9.78 Å². The van der Waals surface area contributed by atoms with Gasteiger partial charge in [0.2, 0.25) is 0 Å². The number of carboxylic acid groups (broad SMARTS) is 1. The first kappa shape index (κ1) is 16.7. The monoisotopic (exact) mass is 392 g/mol. The van der Waals surface area contributed by atoms with E-state index >= 15 is 0 Å². The summed E-state index contributed by atoms with van der Waals surface area (Å²) in [6.45, 7) is 0. The highest BCUT2D eigenvalue weighted by molar-refractivity contribution is 9.10. The van der Waals surface area contributed by atoms with Gasteiger partial charge < -0.3 is 9.90 Å². The summed E-state index contributed by atoms with van der Waals surface area (Å²) in [7, 11) is 0. The number of carbonyl (C=O) groups is 1. The molecule has 0 N–H and O–H groups in total. The van der Waals surface area contributed by atoms with Gasteiger partial charge in [0.15, 0.2) is 0 Å². The highest BCUT2D eigenvalue weighted by Gasteiger charge is 2.12. The molecule has 0 saturated heterocycles. The first-order valence-corrected chi connectivity index (χ1v) is 8.12. The van der Waals surface area contributed by atoms with Gasteiger partial charge in [-0.05, 0) is 30.3 Å². The first-order valence-electron chi connectivity index (χ1n) is 7.32. The lowest BCUT2D eigenvalue weighted by Gasteiger charge is -2.02. The fourth-order valence-corrected chi connectivity index (χ4v) is 2.76. The Morgan fingerprint density at radius 3 is 2.60 bits per heavy atom. The number of benzene rings is 2. The largest absolute Gasteiger partial charge is 0.544 e. The molecule has 0 saturated carbocycles. The molecule has 0 amide bonds. The molecule has 0 atom stereocenters. The standard InChI is InChI=1S/C19H12BrN3O2/c20-16-6-4-5-13(10-16)18-15(9-14(11-21)19(24)25)12-23(22-18)17-7-2-1-3-8-17/h1-10,12H,(H,24,25)/p-1/b14-9+. The van der Waals surface area contributed by atoms with Crippen LogP contribution >= 0.6 is 15.9 Å². The molecule has 1 heterocycles. The van der Waals surface area contributed by atoms with Crippen molar-refractivity contribution in [2.75, 3.05) is 0 Å². The number of aromatic nitrogens is 2. The summed E-state index contributed by atoms with van der Waals surface area (Å²) >= 11 is 3.42. The topological polar surface area (TPSA) is 81.7 Å². The normalized spacial score (nSPS) is 11.1. The van der Waals surface area contributed by atoms with Crippen molar-refractivity contribution in [2.24, 2.45) is 0 Å². The maximum absolute atomic E-state index is 11.1. The second-order valence-electron chi connectivity index (χ2n) is 5.18. The maximum atomic E-state index is 11.1. The second kappa shape index (κ2) is 7.16. The molecule has 0 aliphatic heterocycles. The molecule has 0 unspecified atom stereocenters. The zero-order chi connectivity index (χ0) is 17.8. The van der Waals surface area contributed by atoms with Gasteiger partial charge in [-0.25, -0.2) is 4.68 Å². The van der Waals surface area contributed by atoms with Gasteiger partial charge >= 0.3 is 0 Å². The Balaban J connectivity index is 2.20. The second-order valence-corrected chi connectivity index (χ2v) is 6.10. The third kappa shape index (κ3) is 3.67. The molecule has 0 bridgehead atoms. The molecule has 6 heteroatoms. The van der Waals surface area contributed by atoms with E-state index in [9.17, 15) is 9.90 Å². The molecule has 122 valence electrons. The molecule has 3 rings (SSSR count). The Bertz CT molecular complexity index is 1000. The predicted octanol–water partition coefficient (Wildman–Crippen LogP) is 2.96. The number of para-hydroxylation sites is 1. The molecule has 2 aromatic carbocycles. The van der Waals surface area contributed by atoms with Gasteiger partial charge in [0.05, 0.1) is 17.2 Å². The van der Waals surface area contributed by atoms with Crippen LogP contribution in [0.15, 0.2) is 70.8 Å². The van der Waals surface area contributed by atoms with Crippen molar-refractivity contribution in [3.63, 3.8) is 0 Å². The van der Waals surface area contributed by atoms with Crippen LogP contribution in [0.25, 0.3) is 23.0 Å². The van der Waals surface area contributed by atoms with E-state index in [0.717, 1.165) is 15.7 Å². The summed E-state index contributed by atoms with van der Waals surface area (Å²) in [6, 6.07) is 18.6. The SMILES string of the molecule is N#C/C(=C\c1cn(-c2ccccc2)nc1-c1cccc(Br)c1)C(=O)[O-]. The molecule has 1 aromatic heterocycles. The Hall–Kier alpha value is -3.17. The van der Waals surface area contributed by atoms with Gasteiger partial charge in [-0.1, -0.05) is 46.3 Å². The van der Waals surface area contributed by atoms with Crippen LogP contribution in [0.5, 0.6) is 0 Å². The van der Waals surface area contributed by atoms with Crippen LogP contribution in [0.4, 0.5) is 0 Å². The van der Waals surface area contributed by atoms with Crippen molar-refractivity contribution >= 4 is 28.0 Å². The maximum Gasteiger partial charge on any atom is 0.101 e. The number of nitriles is 1. The third-order valence-electron chi connectivity index (χ3n) is 3.50. The number of rotatable bonds is 4. The Morgan fingerprint density at radius 1 is 1.20 bits per heavy atom. The Labute approximate surface area is 152 Å². The average Bonchev–Trinajstić information content (AvgIpc) is 3.04. The number of carbonyl (C=O) groups excluding carboxylic acids is 1. The average molecular weight is 393 g/mol. The van der Waals surface area contributed by atoms with Crippen LogP contribution in [0.1, 0.15) is 5.56 Å². The van der Waals surface area contributed by atoms with Gasteiger partial charge in [0, 0.05) is 21.8 Å². The number of nitrogens with zero attached hydrogens (tertiary/aromatic N) is 3. The predicted molar refractivity (Wildman–Crippen MR) is 95.3 cm³/mol. The summed E-state index contributed by atoms with van der Waals surface area (Å²) in [5.41, 5.74) is 2.25. The molecule has 0 aliphatic rings. The molecular weight excluding hydrogens is 382 g/mol. The summed E-state index contributed by atoms with van der Waals surface area (Å²) in [5, 5.41) is 24.7. The van der Waals surface area contributed by atoms with E-state index in [2.05, 4.69) is 21.0 Å². The molecule has 3 aromatic rings. The summed E-state index contributed by atoms with van der Waals surface area (Å²) in [5.74, 6) is -1.52. The van der Waals surface area contributed by atoms with E-state index in [1.54, 1.807) is 16.9 Å².